The van der Waals surface area contributed by atoms with Crippen LogP contribution >= 0.6 is 0 Å². The normalized spacial score (nSPS) is 11.2. The lowest BCUT2D eigenvalue weighted by Gasteiger charge is -2.29. The summed E-state index contributed by atoms with van der Waals surface area (Å²) < 4.78 is 10.8. The Kier molecular flexibility index (Phi) is 4.81. The summed E-state index contributed by atoms with van der Waals surface area (Å²) in [5.41, 5.74) is 1.49. The number of ether oxygens (including phenoxy) is 2. The Morgan fingerprint density at radius 1 is 1.26 bits per heavy atom. The largest absolute Gasteiger partial charge is 0.493 e. The molecule has 0 heterocycles. The Balaban J connectivity index is 3.48. The number of methoxy groups -OCH3 is 2. The summed E-state index contributed by atoms with van der Waals surface area (Å²) in [6.45, 7) is 5.87. The fourth-order valence-corrected chi connectivity index (χ4v) is 2.47. The van der Waals surface area contributed by atoms with E-state index < -0.39 is 11.4 Å². The van der Waals surface area contributed by atoms with Gasteiger partial charge in [0, 0.05) is 11.0 Å². The summed E-state index contributed by atoms with van der Waals surface area (Å²) in [5, 5.41) is 9.09. The van der Waals surface area contributed by atoms with Crippen molar-refractivity contribution in [2.75, 3.05) is 14.2 Å². The fraction of sp³-hybridized carbons (Fsp3) is 0.533. The van der Waals surface area contributed by atoms with E-state index in [4.69, 9.17) is 14.6 Å². The van der Waals surface area contributed by atoms with Gasteiger partial charge in [-0.3, -0.25) is 4.79 Å². The summed E-state index contributed by atoms with van der Waals surface area (Å²) in [7, 11) is 3.16. The molecule has 0 unspecified atom stereocenters. The van der Waals surface area contributed by atoms with Gasteiger partial charge in [0.2, 0.25) is 0 Å². The smallest absolute Gasteiger partial charge is 0.304 e. The van der Waals surface area contributed by atoms with Gasteiger partial charge in [0.25, 0.3) is 0 Å². The van der Waals surface area contributed by atoms with Crippen molar-refractivity contribution in [3.63, 3.8) is 0 Å². The second-order valence-electron chi connectivity index (χ2n) is 5.14. The molecule has 4 nitrogen and oxygen atoms in total. The zero-order chi connectivity index (χ0) is 14.6. The first kappa shape index (κ1) is 15.3. The van der Waals surface area contributed by atoms with Gasteiger partial charge in [0.05, 0.1) is 20.6 Å². The highest BCUT2D eigenvalue weighted by molar-refractivity contribution is 5.70. The molecule has 0 saturated heterocycles. The third-order valence-electron chi connectivity index (χ3n) is 3.28. The van der Waals surface area contributed by atoms with Crippen molar-refractivity contribution in [1.82, 2.24) is 0 Å². The van der Waals surface area contributed by atoms with Crippen LogP contribution < -0.4 is 9.47 Å². The maximum Gasteiger partial charge on any atom is 0.304 e. The first-order valence-corrected chi connectivity index (χ1v) is 6.33. The van der Waals surface area contributed by atoms with Crippen molar-refractivity contribution in [3.05, 3.63) is 23.3 Å². The van der Waals surface area contributed by atoms with Gasteiger partial charge in [-0.1, -0.05) is 26.8 Å². The number of carboxylic acids is 1. The zero-order valence-electron chi connectivity index (χ0n) is 12.2. The molecule has 0 atom stereocenters. The third kappa shape index (κ3) is 3.19. The molecule has 19 heavy (non-hydrogen) atoms. The van der Waals surface area contributed by atoms with Crippen molar-refractivity contribution < 1.29 is 19.4 Å². The van der Waals surface area contributed by atoms with E-state index in [2.05, 4.69) is 0 Å². The minimum absolute atomic E-state index is 0.0452. The molecule has 1 aromatic rings. The van der Waals surface area contributed by atoms with Crippen LogP contribution in [0.4, 0.5) is 0 Å². The maximum atomic E-state index is 11.1. The molecular weight excluding hydrogens is 244 g/mol. The van der Waals surface area contributed by atoms with Gasteiger partial charge in [-0.05, 0) is 18.1 Å². The Bertz CT molecular complexity index is 463. The quantitative estimate of drug-likeness (QED) is 0.860. The molecule has 0 aliphatic heterocycles. The lowest BCUT2D eigenvalue weighted by molar-refractivity contribution is -0.138. The number of hydrogen-bond acceptors (Lipinski definition) is 3. The minimum Gasteiger partial charge on any atom is -0.493 e. The second kappa shape index (κ2) is 5.95. The number of aliphatic carboxylic acids is 1. The molecule has 0 aliphatic carbocycles. The summed E-state index contributed by atoms with van der Waals surface area (Å²) in [4.78, 5) is 11.1. The molecule has 0 amide bonds. The average Bonchev–Trinajstić information content (AvgIpc) is 2.35. The molecule has 0 radical (unpaired) electrons. The van der Waals surface area contributed by atoms with Crippen LogP contribution in [0.5, 0.6) is 11.5 Å². The van der Waals surface area contributed by atoms with Crippen molar-refractivity contribution in [2.24, 2.45) is 0 Å². The van der Waals surface area contributed by atoms with Crippen LogP contribution in [0, 0.1) is 0 Å². The van der Waals surface area contributed by atoms with Crippen molar-refractivity contribution in [2.45, 2.75) is 39.0 Å². The fourth-order valence-electron chi connectivity index (χ4n) is 2.47. The molecule has 0 fully saturated rings. The van der Waals surface area contributed by atoms with Crippen molar-refractivity contribution >= 4 is 5.97 Å². The molecule has 1 N–H and O–H groups in total. The number of benzene rings is 1. The van der Waals surface area contributed by atoms with E-state index in [0.29, 0.717) is 11.5 Å². The molecular formula is C15H22O4. The molecule has 1 aromatic carbocycles. The molecule has 0 aliphatic rings. The number of carboxylic acid groups (broad SMARTS) is 1. The van der Waals surface area contributed by atoms with Crippen molar-refractivity contribution in [1.29, 1.82) is 0 Å². The van der Waals surface area contributed by atoms with Crippen molar-refractivity contribution in [3.8, 4) is 11.5 Å². The molecule has 0 aromatic heterocycles. The van der Waals surface area contributed by atoms with E-state index >= 15 is 0 Å². The van der Waals surface area contributed by atoms with Crippen LogP contribution in [0.1, 0.15) is 38.3 Å². The lowest BCUT2D eigenvalue weighted by atomic mass is 9.77. The summed E-state index contributed by atoms with van der Waals surface area (Å²) in [6, 6.07) is 3.83. The van der Waals surface area contributed by atoms with Gasteiger partial charge in [0.1, 0.15) is 0 Å². The van der Waals surface area contributed by atoms with Crippen LogP contribution in [0.3, 0.4) is 0 Å². The molecule has 1 rings (SSSR count). The molecule has 106 valence electrons. The van der Waals surface area contributed by atoms with E-state index in [1.165, 1.54) is 0 Å². The highest BCUT2D eigenvalue weighted by Crippen LogP contribution is 2.42. The van der Waals surface area contributed by atoms with Gasteiger partial charge >= 0.3 is 5.97 Å². The standard InChI is InChI=1S/C15H22O4/c1-6-10-7-8-11(18-4)14(19-5)13(10)15(2,3)9-12(16)17/h7-8H,6,9H2,1-5H3,(H,16,17). The average molecular weight is 266 g/mol. The zero-order valence-corrected chi connectivity index (χ0v) is 12.2. The Labute approximate surface area is 114 Å². The Morgan fingerprint density at radius 3 is 2.32 bits per heavy atom. The molecule has 0 saturated carbocycles. The van der Waals surface area contributed by atoms with Gasteiger partial charge in [-0.2, -0.15) is 0 Å². The first-order valence-electron chi connectivity index (χ1n) is 6.33. The number of rotatable bonds is 6. The third-order valence-corrected chi connectivity index (χ3v) is 3.28. The first-order chi connectivity index (χ1) is 8.87. The van der Waals surface area contributed by atoms with E-state index in [9.17, 15) is 4.79 Å². The molecule has 0 bridgehead atoms. The molecule has 0 spiro atoms. The van der Waals surface area contributed by atoms with Gasteiger partial charge < -0.3 is 14.6 Å². The van der Waals surface area contributed by atoms with E-state index in [-0.39, 0.29) is 6.42 Å². The lowest BCUT2D eigenvalue weighted by Crippen LogP contribution is -2.24. The van der Waals surface area contributed by atoms with E-state index in [1.54, 1.807) is 14.2 Å². The predicted octanol–water partition coefficient (Wildman–Crippen LogP) is 3.02. The van der Waals surface area contributed by atoms with E-state index in [1.807, 2.05) is 32.9 Å². The topological polar surface area (TPSA) is 55.8 Å². The minimum atomic E-state index is -0.822. The van der Waals surface area contributed by atoms with Crippen LogP contribution in [0.15, 0.2) is 12.1 Å². The SMILES string of the molecule is CCc1ccc(OC)c(OC)c1C(C)(C)CC(=O)O. The Morgan fingerprint density at radius 2 is 1.89 bits per heavy atom. The summed E-state index contributed by atoms with van der Waals surface area (Å²) >= 11 is 0. The number of hydrogen-bond donors (Lipinski definition) is 1. The van der Waals surface area contributed by atoms with E-state index in [0.717, 1.165) is 17.5 Å². The van der Waals surface area contributed by atoms with Gasteiger partial charge in [-0.15, -0.1) is 0 Å². The predicted molar refractivity (Wildman–Crippen MR) is 74.2 cm³/mol. The van der Waals surface area contributed by atoms with Crippen LogP contribution in [0.2, 0.25) is 0 Å². The number of carbonyl (C=O) groups is 1. The van der Waals surface area contributed by atoms with Crippen LogP contribution in [0.25, 0.3) is 0 Å². The summed E-state index contributed by atoms with van der Waals surface area (Å²) in [6.07, 6.45) is 0.863. The van der Waals surface area contributed by atoms with Gasteiger partial charge in [-0.25, -0.2) is 0 Å². The highest BCUT2D eigenvalue weighted by atomic mass is 16.5. The van der Waals surface area contributed by atoms with Gasteiger partial charge in [0.15, 0.2) is 11.5 Å². The molecule has 4 heteroatoms. The maximum absolute atomic E-state index is 11.1. The Hall–Kier alpha value is -1.71. The van der Waals surface area contributed by atoms with Crippen LogP contribution in [-0.2, 0) is 16.6 Å². The monoisotopic (exact) mass is 266 g/mol. The van der Waals surface area contributed by atoms with Crippen LogP contribution in [-0.4, -0.2) is 25.3 Å². The summed E-state index contributed by atoms with van der Waals surface area (Å²) in [5.74, 6) is 0.443. The second-order valence-corrected chi connectivity index (χ2v) is 5.14. The highest BCUT2D eigenvalue weighted by Gasteiger charge is 2.31. The number of aryl methyl sites for hydroxylation is 1.